The zero-order valence-corrected chi connectivity index (χ0v) is 11.3. The lowest BCUT2D eigenvalue weighted by atomic mass is 10.3. The van der Waals surface area contributed by atoms with Crippen LogP contribution in [0.3, 0.4) is 0 Å². The van der Waals surface area contributed by atoms with E-state index in [0.717, 1.165) is 18.2 Å². The molecule has 2 rings (SSSR count). The Hall–Kier alpha value is -2.19. The van der Waals surface area contributed by atoms with Crippen molar-refractivity contribution in [1.29, 1.82) is 0 Å². The van der Waals surface area contributed by atoms with Crippen molar-refractivity contribution in [3.05, 3.63) is 48.0 Å². The highest BCUT2D eigenvalue weighted by atomic mass is 32.2. The lowest BCUT2D eigenvalue weighted by Gasteiger charge is -2.08. The van der Waals surface area contributed by atoms with Gasteiger partial charge in [-0.15, -0.1) is 0 Å². The Morgan fingerprint density at radius 3 is 2.55 bits per heavy atom. The maximum absolute atomic E-state index is 13.7. The maximum Gasteiger partial charge on any atom is 0.272 e. The van der Waals surface area contributed by atoms with Crippen LogP contribution in [0.1, 0.15) is 10.5 Å². The second-order valence-electron chi connectivity index (χ2n) is 4.15. The predicted molar refractivity (Wildman–Crippen MR) is 71.1 cm³/mol. The first-order valence-corrected chi connectivity index (χ1v) is 7.08. The summed E-state index contributed by atoms with van der Waals surface area (Å²) >= 11 is 0. The summed E-state index contributed by atoms with van der Waals surface area (Å²) in [5, 5.41) is 7.25. The van der Waals surface area contributed by atoms with Gasteiger partial charge < -0.3 is 9.88 Å². The highest BCUT2D eigenvalue weighted by Crippen LogP contribution is 2.19. The van der Waals surface area contributed by atoms with Gasteiger partial charge in [0.1, 0.15) is 11.5 Å². The van der Waals surface area contributed by atoms with E-state index >= 15 is 0 Å². The largest absolute Gasteiger partial charge is 0.347 e. The Kier molecular flexibility index (Phi) is 3.60. The molecule has 0 saturated carbocycles. The minimum atomic E-state index is -3.98. The molecule has 0 aliphatic heterocycles. The molecule has 0 bridgehead atoms. The summed E-state index contributed by atoms with van der Waals surface area (Å²) in [6.45, 7) is 0. The molecule has 0 spiro atoms. The number of carbonyl (C=O) groups excluding carboxylic acids is 1. The highest BCUT2D eigenvalue weighted by molar-refractivity contribution is 7.89. The quantitative estimate of drug-likeness (QED) is 0.887. The third-order valence-corrected chi connectivity index (χ3v) is 3.60. The Balaban J connectivity index is 2.27. The van der Waals surface area contributed by atoms with E-state index in [2.05, 4.69) is 5.32 Å². The Labute approximate surface area is 115 Å². The van der Waals surface area contributed by atoms with Crippen molar-refractivity contribution in [1.82, 2.24) is 4.57 Å². The van der Waals surface area contributed by atoms with E-state index in [0.29, 0.717) is 5.69 Å². The van der Waals surface area contributed by atoms with Crippen LogP contribution in [0.2, 0.25) is 0 Å². The molecule has 2 aromatic rings. The monoisotopic (exact) mass is 297 g/mol. The average molecular weight is 297 g/mol. The predicted octanol–water partition coefficient (Wildman–Crippen LogP) is 1.06. The molecule has 0 aliphatic rings. The van der Waals surface area contributed by atoms with E-state index in [-0.39, 0.29) is 10.6 Å². The van der Waals surface area contributed by atoms with Gasteiger partial charge in [-0.25, -0.2) is 17.9 Å². The third kappa shape index (κ3) is 2.86. The fourth-order valence-electron chi connectivity index (χ4n) is 1.66. The summed E-state index contributed by atoms with van der Waals surface area (Å²) in [6, 6.07) is 6.28. The number of hydrogen-bond acceptors (Lipinski definition) is 3. The topological polar surface area (TPSA) is 94.2 Å². The molecule has 8 heteroatoms. The van der Waals surface area contributed by atoms with Crippen molar-refractivity contribution in [2.75, 3.05) is 5.32 Å². The first kappa shape index (κ1) is 14.2. The fourth-order valence-corrected chi connectivity index (χ4v) is 2.18. The van der Waals surface area contributed by atoms with Crippen molar-refractivity contribution in [2.45, 2.75) is 4.90 Å². The van der Waals surface area contributed by atoms with Gasteiger partial charge >= 0.3 is 0 Å². The molecule has 6 nitrogen and oxygen atoms in total. The summed E-state index contributed by atoms with van der Waals surface area (Å²) in [6.07, 6.45) is 1.68. The van der Waals surface area contributed by atoms with Gasteiger partial charge in [-0.05, 0) is 30.3 Å². The maximum atomic E-state index is 13.7. The van der Waals surface area contributed by atoms with Crippen molar-refractivity contribution < 1.29 is 17.6 Å². The summed E-state index contributed by atoms with van der Waals surface area (Å²) < 4.78 is 37.5. The number of aromatic nitrogens is 1. The molecule has 0 saturated heterocycles. The van der Waals surface area contributed by atoms with Crippen LogP contribution in [0, 0.1) is 5.82 Å². The lowest BCUT2D eigenvalue weighted by molar-refractivity contribution is 0.101. The number of benzene rings is 1. The molecule has 1 amide bonds. The van der Waals surface area contributed by atoms with Crippen LogP contribution in [0.25, 0.3) is 0 Å². The van der Waals surface area contributed by atoms with Crippen LogP contribution in [0.4, 0.5) is 10.1 Å². The van der Waals surface area contributed by atoms with Gasteiger partial charge in [0.15, 0.2) is 0 Å². The number of halogens is 1. The average Bonchev–Trinajstić information content (AvgIpc) is 2.76. The van der Waals surface area contributed by atoms with Crippen LogP contribution in [0.5, 0.6) is 0 Å². The van der Waals surface area contributed by atoms with Crippen molar-refractivity contribution >= 4 is 21.6 Å². The number of amides is 1. The van der Waals surface area contributed by atoms with E-state index in [1.54, 1.807) is 29.9 Å². The molecule has 1 aromatic carbocycles. The SMILES string of the molecule is Cn1cccc1C(=O)Nc1ccc(S(N)(=O)=O)cc1F. The molecule has 20 heavy (non-hydrogen) atoms. The zero-order valence-electron chi connectivity index (χ0n) is 10.5. The van der Waals surface area contributed by atoms with Gasteiger partial charge in [0, 0.05) is 13.2 Å². The first-order valence-electron chi connectivity index (χ1n) is 5.54. The summed E-state index contributed by atoms with van der Waals surface area (Å²) in [4.78, 5) is 11.5. The van der Waals surface area contributed by atoms with Crippen LogP contribution in [-0.2, 0) is 17.1 Å². The normalized spacial score (nSPS) is 11.3. The first-order chi connectivity index (χ1) is 9.29. The van der Waals surface area contributed by atoms with E-state index in [4.69, 9.17) is 5.14 Å². The molecule has 0 atom stereocenters. The fraction of sp³-hybridized carbons (Fsp3) is 0.0833. The number of nitrogens with one attached hydrogen (secondary N) is 1. The minimum absolute atomic E-state index is 0.122. The molecule has 1 aromatic heterocycles. The number of anilines is 1. The number of primary sulfonamides is 1. The molecular weight excluding hydrogens is 285 g/mol. The van der Waals surface area contributed by atoms with Gasteiger partial charge in [0.2, 0.25) is 10.0 Å². The standard InChI is InChI=1S/C12H12FN3O3S/c1-16-6-2-3-11(16)12(17)15-10-5-4-8(7-9(10)13)20(14,18)19/h2-7H,1H3,(H,15,17)(H2,14,18,19). The highest BCUT2D eigenvalue weighted by Gasteiger charge is 2.15. The van der Waals surface area contributed by atoms with Crippen molar-refractivity contribution in [2.24, 2.45) is 12.2 Å². The molecular formula is C12H12FN3O3S. The molecule has 106 valence electrons. The van der Waals surface area contributed by atoms with Crippen molar-refractivity contribution in [3.63, 3.8) is 0 Å². The van der Waals surface area contributed by atoms with Crippen LogP contribution >= 0.6 is 0 Å². The van der Waals surface area contributed by atoms with Gasteiger partial charge in [0.25, 0.3) is 5.91 Å². The van der Waals surface area contributed by atoms with E-state index in [1.807, 2.05) is 0 Å². The molecule has 0 fully saturated rings. The minimum Gasteiger partial charge on any atom is -0.347 e. The number of aryl methyl sites for hydroxylation is 1. The zero-order chi connectivity index (χ0) is 14.9. The summed E-state index contributed by atoms with van der Waals surface area (Å²) in [7, 11) is -2.30. The molecule has 3 N–H and O–H groups in total. The van der Waals surface area contributed by atoms with Crippen LogP contribution < -0.4 is 10.5 Å². The molecule has 0 aliphatic carbocycles. The summed E-state index contributed by atoms with van der Waals surface area (Å²) in [5.74, 6) is -1.38. The van der Waals surface area contributed by atoms with Gasteiger partial charge in [-0.2, -0.15) is 0 Å². The van der Waals surface area contributed by atoms with Gasteiger partial charge in [-0.3, -0.25) is 4.79 Å². The Morgan fingerprint density at radius 2 is 2.05 bits per heavy atom. The number of sulfonamides is 1. The molecule has 0 unspecified atom stereocenters. The number of carbonyl (C=O) groups is 1. The van der Waals surface area contributed by atoms with Crippen LogP contribution in [0.15, 0.2) is 41.4 Å². The smallest absolute Gasteiger partial charge is 0.272 e. The van der Waals surface area contributed by atoms with E-state index < -0.39 is 21.7 Å². The number of nitrogens with two attached hydrogens (primary N) is 1. The lowest BCUT2D eigenvalue weighted by Crippen LogP contribution is -2.17. The molecule has 1 heterocycles. The number of rotatable bonds is 3. The van der Waals surface area contributed by atoms with Gasteiger partial charge in [0.05, 0.1) is 10.6 Å². The van der Waals surface area contributed by atoms with E-state index in [9.17, 15) is 17.6 Å². The van der Waals surface area contributed by atoms with Crippen LogP contribution in [-0.4, -0.2) is 18.9 Å². The Morgan fingerprint density at radius 1 is 1.35 bits per heavy atom. The van der Waals surface area contributed by atoms with E-state index in [1.165, 1.54) is 0 Å². The molecule has 0 radical (unpaired) electrons. The Bertz CT molecular complexity index is 768. The second kappa shape index (κ2) is 5.06. The third-order valence-electron chi connectivity index (χ3n) is 2.69. The number of nitrogens with zero attached hydrogens (tertiary/aromatic N) is 1. The second-order valence-corrected chi connectivity index (χ2v) is 5.71. The summed E-state index contributed by atoms with van der Waals surface area (Å²) in [5.41, 5.74) is 0.225. The van der Waals surface area contributed by atoms with Crippen molar-refractivity contribution in [3.8, 4) is 0 Å². The van der Waals surface area contributed by atoms with Gasteiger partial charge in [-0.1, -0.05) is 0 Å². The number of hydrogen-bond donors (Lipinski definition) is 2.